The van der Waals surface area contributed by atoms with E-state index in [1.54, 1.807) is 49.6 Å². The molecule has 190 valence electrons. The van der Waals surface area contributed by atoms with Gasteiger partial charge < -0.3 is 28.4 Å². The summed E-state index contributed by atoms with van der Waals surface area (Å²) in [6, 6.07) is 15.7. The van der Waals surface area contributed by atoms with Crippen molar-refractivity contribution in [1.29, 1.82) is 0 Å². The molecule has 0 unspecified atom stereocenters. The van der Waals surface area contributed by atoms with Gasteiger partial charge in [0.15, 0.2) is 11.9 Å². The van der Waals surface area contributed by atoms with Gasteiger partial charge in [-0.1, -0.05) is 30.3 Å². The van der Waals surface area contributed by atoms with Gasteiger partial charge in [-0.05, 0) is 42.5 Å². The Morgan fingerprint density at radius 3 is 2.19 bits per heavy atom. The summed E-state index contributed by atoms with van der Waals surface area (Å²) in [5.74, 6) is -1.64. The zero-order chi connectivity index (χ0) is 26.1. The number of hydrogen-bond acceptors (Lipinski definition) is 9. The highest BCUT2D eigenvalue weighted by atomic mass is 16.6. The third kappa shape index (κ3) is 6.73. The van der Waals surface area contributed by atoms with Crippen molar-refractivity contribution < 1.29 is 42.8 Å². The van der Waals surface area contributed by atoms with Gasteiger partial charge in [0, 0.05) is 6.42 Å². The van der Waals surface area contributed by atoms with Gasteiger partial charge in [-0.2, -0.15) is 0 Å². The second kappa shape index (κ2) is 12.6. The highest BCUT2D eigenvalue weighted by molar-refractivity contribution is 5.91. The highest BCUT2D eigenvalue weighted by Crippen LogP contribution is 2.30. The van der Waals surface area contributed by atoms with E-state index in [1.165, 1.54) is 20.3 Å². The molecule has 1 aliphatic carbocycles. The smallest absolute Gasteiger partial charge is 0.372 e. The lowest BCUT2D eigenvalue weighted by Gasteiger charge is -2.34. The van der Waals surface area contributed by atoms with Crippen LogP contribution in [-0.4, -0.2) is 57.5 Å². The van der Waals surface area contributed by atoms with Crippen LogP contribution in [0.3, 0.4) is 0 Å². The molecule has 0 saturated heterocycles. The van der Waals surface area contributed by atoms with Gasteiger partial charge in [0.1, 0.15) is 11.9 Å². The van der Waals surface area contributed by atoms with E-state index in [0.29, 0.717) is 11.3 Å². The number of rotatable bonds is 10. The van der Waals surface area contributed by atoms with Crippen molar-refractivity contribution in [3.8, 4) is 5.75 Å². The van der Waals surface area contributed by atoms with Gasteiger partial charge in [0.25, 0.3) is 0 Å². The van der Waals surface area contributed by atoms with E-state index in [4.69, 9.17) is 23.7 Å². The van der Waals surface area contributed by atoms with Crippen molar-refractivity contribution in [2.45, 2.75) is 31.3 Å². The number of benzene rings is 2. The Labute approximate surface area is 209 Å². The minimum atomic E-state index is -1.01. The molecule has 9 heteroatoms. The highest BCUT2D eigenvalue weighted by Gasteiger charge is 2.39. The van der Waals surface area contributed by atoms with Crippen LogP contribution >= 0.6 is 0 Å². The van der Waals surface area contributed by atoms with E-state index >= 15 is 0 Å². The Morgan fingerprint density at radius 2 is 1.58 bits per heavy atom. The number of ether oxygens (including phenoxy) is 6. The molecule has 0 radical (unpaired) electrons. The second-order valence-electron chi connectivity index (χ2n) is 7.80. The number of carbonyl (C=O) groups excluding carboxylic acids is 3. The van der Waals surface area contributed by atoms with Crippen molar-refractivity contribution in [3.05, 3.63) is 89.7 Å². The summed E-state index contributed by atoms with van der Waals surface area (Å²) in [6.45, 7) is 3.74. The Hall–Kier alpha value is -4.11. The van der Waals surface area contributed by atoms with E-state index in [-0.39, 0.29) is 24.4 Å². The van der Waals surface area contributed by atoms with Gasteiger partial charge in [-0.25, -0.2) is 14.4 Å². The fourth-order valence-corrected chi connectivity index (χ4v) is 3.59. The lowest BCUT2D eigenvalue weighted by atomic mass is 9.91. The van der Waals surface area contributed by atoms with Crippen molar-refractivity contribution in [2.75, 3.05) is 21.3 Å². The zero-order valence-electron chi connectivity index (χ0n) is 20.3. The number of methoxy groups -OCH3 is 3. The molecule has 1 aliphatic rings. The molecule has 3 atom stereocenters. The quantitative estimate of drug-likeness (QED) is 0.212. The lowest BCUT2D eigenvalue weighted by Crippen LogP contribution is -2.42. The summed E-state index contributed by atoms with van der Waals surface area (Å²) >= 11 is 0. The van der Waals surface area contributed by atoms with Crippen LogP contribution in [0.25, 0.3) is 0 Å². The molecule has 0 aromatic heterocycles. The minimum absolute atomic E-state index is 0.0643. The maximum absolute atomic E-state index is 12.8. The van der Waals surface area contributed by atoms with Crippen LogP contribution < -0.4 is 4.74 Å². The summed E-state index contributed by atoms with van der Waals surface area (Å²) in [6.07, 6.45) is -1.22. The van der Waals surface area contributed by atoms with Crippen molar-refractivity contribution >= 4 is 17.9 Å². The number of hydrogen-bond donors (Lipinski definition) is 0. The average Bonchev–Trinajstić information content (AvgIpc) is 2.92. The maximum atomic E-state index is 12.8. The normalized spacial score (nSPS) is 18.9. The van der Waals surface area contributed by atoms with Gasteiger partial charge >= 0.3 is 17.9 Å². The molecule has 0 saturated carbocycles. The standard InChI is InChI=1S/C27H28O9/c1-17(25(28)32-3)35-23-14-21(27(30)33-4)22(34-16-18-10-12-20(31-2)13-11-18)15-24(23)36-26(29)19-8-6-5-7-9-19/h5-14,22-24H,1,15-16H2,2-4H3/t22-,23+,24+/m0/s1. The lowest BCUT2D eigenvalue weighted by molar-refractivity contribution is -0.142. The first-order valence-electron chi connectivity index (χ1n) is 11.1. The summed E-state index contributed by atoms with van der Waals surface area (Å²) in [5.41, 5.74) is 1.34. The Bertz CT molecular complexity index is 1110. The van der Waals surface area contributed by atoms with Gasteiger partial charge in [0.05, 0.1) is 45.2 Å². The third-order valence-electron chi connectivity index (χ3n) is 5.49. The number of carbonyl (C=O) groups is 3. The van der Waals surface area contributed by atoms with Crippen LogP contribution in [-0.2, 0) is 39.9 Å². The molecular weight excluding hydrogens is 468 g/mol. The average molecular weight is 497 g/mol. The summed E-state index contributed by atoms with van der Waals surface area (Å²) in [4.78, 5) is 37.3. The van der Waals surface area contributed by atoms with Crippen LogP contribution in [0.4, 0.5) is 0 Å². The molecule has 9 nitrogen and oxygen atoms in total. The van der Waals surface area contributed by atoms with E-state index in [1.807, 2.05) is 12.1 Å². The summed E-state index contributed by atoms with van der Waals surface area (Å²) in [7, 11) is 4.00. The van der Waals surface area contributed by atoms with Crippen molar-refractivity contribution in [2.24, 2.45) is 0 Å². The molecule has 36 heavy (non-hydrogen) atoms. The first-order valence-corrected chi connectivity index (χ1v) is 11.1. The Kier molecular flexibility index (Phi) is 9.24. The third-order valence-corrected chi connectivity index (χ3v) is 5.49. The van der Waals surface area contributed by atoms with Gasteiger partial charge in [-0.15, -0.1) is 0 Å². The van der Waals surface area contributed by atoms with E-state index in [9.17, 15) is 14.4 Å². The van der Waals surface area contributed by atoms with Crippen molar-refractivity contribution in [3.63, 3.8) is 0 Å². The maximum Gasteiger partial charge on any atom is 0.372 e. The van der Waals surface area contributed by atoms with Crippen LogP contribution in [0.1, 0.15) is 22.3 Å². The van der Waals surface area contributed by atoms with Crippen LogP contribution in [0, 0.1) is 0 Å². The number of esters is 3. The second-order valence-corrected chi connectivity index (χ2v) is 7.80. The topological polar surface area (TPSA) is 107 Å². The molecule has 0 spiro atoms. The molecule has 3 rings (SSSR count). The molecule has 0 fully saturated rings. The first-order chi connectivity index (χ1) is 17.4. The van der Waals surface area contributed by atoms with Crippen LogP contribution in [0.2, 0.25) is 0 Å². The Morgan fingerprint density at radius 1 is 0.889 bits per heavy atom. The minimum Gasteiger partial charge on any atom is -0.497 e. The van der Waals surface area contributed by atoms with Gasteiger partial charge in [-0.3, -0.25) is 0 Å². The monoisotopic (exact) mass is 496 g/mol. The SMILES string of the molecule is C=C(O[C@@H]1C=C(C(=O)OC)[C@@H](OCc2ccc(OC)cc2)C[C@H]1OC(=O)c1ccccc1)C(=O)OC. The molecule has 2 aromatic carbocycles. The molecule has 0 heterocycles. The molecule has 0 aliphatic heterocycles. The summed E-state index contributed by atoms with van der Waals surface area (Å²) in [5, 5.41) is 0. The molecule has 2 aromatic rings. The zero-order valence-corrected chi connectivity index (χ0v) is 20.3. The fraction of sp³-hybridized carbons (Fsp3) is 0.296. The van der Waals surface area contributed by atoms with Crippen LogP contribution in [0.5, 0.6) is 5.75 Å². The largest absolute Gasteiger partial charge is 0.497 e. The van der Waals surface area contributed by atoms with E-state index in [0.717, 1.165) is 5.56 Å². The van der Waals surface area contributed by atoms with Crippen molar-refractivity contribution in [1.82, 2.24) is 0 Å². The predicted octanol–water partition coefficient (Wildman–Crippen LogP) is 3.38. The fourth-order valence-electron chi connectivity index (χ4n) is 3.59. The van der Waals surface area contributed by atoms with Gasteiger partial charge in [0.2, 0.25) is 0 Å². The van der Waals surface area contributed by atoms with Crippen LogP contribution in [0.15, 0.2) is 78.6 Å². The first kappa shape index (κ1) is 26.5. The van der Waals surface area contributed by atoms with E-state index in [2.05, 4.69) is 11.3 Å². The Balaban J connectivity index is 1.87. The molecular formula is C27H28O9. The van der Waals surface area contributed by atoms with E-state index < -0.39 is 36.2 Å². The predicted molar refractivity (Wildman–Crippen MR) is 128 cm³/mol. The molecule has 0 amide bonds. The molecule has 0 N–H and O–H groups in total. The summed E-state index contributed by atoms with van der Waals surface area (Å²) < 4.78 is 32.2. The molecule has 0 bridgehead atoms.